The maximum Gasteiger partial charge on any atom is 0.265 e. The van der Waals surface area contributed by atoms with Crippen molar-refractivity contribution in [2.24, 2.45) is 0 Å². The third-order valence-electron chi connectivity index (χ3n) is 4.81. The molecule has 0 radical (unpaired) electrons. The number of fused-ring (bicyclic) bond motifs is 1. The minimum absolute atomic E-state index is 0.0840. The van der Waals surface area contributed by atoms with Gasteiger partial charge in [-0.2, -0.15) is 0 Å². The molecule has 150 valence electrons. The quantitative estimate of drug-likeness (QED) is 0.551. The van der Waals surface area contributed by atoms with Gasteiger partial charge in [-0.25, -0.2) is 13.8 Å². The Labute approximate surface area is 170 Å². The highest BCUT2D eigenvalue weighted by Crippen LogP contribution is 2.17. The van der Waals surface area contributed by atoms with Crippen molar-refractivity contribution in [1.29, 1.82) is 0 Å². The van der Waals surface area contributed by atoms with Gasteiger partial charge in [0.25, 0.3) is 11.5 Å². The summed E-state index contributed by atoms with van der Waals surface area (Å²) in [6.45, 7) is 1.53. The number of anilines is 1. The zero-order chi connectivity index (χ0) is 21.3. The summed E-state index contributed by atoms with van der Waals surface area (Å²) in [6, 6.07) is 15.2. The van der Waals surface area contributed by atoms with Crippen LogP contribution in [0.5, 0.6) is 0 Å². The van der Waals surface area contributed by atoms with Crippen LogP contribution in [-0.4, -0.2) is 15.5 Å². The van der Waals surface area contributed by atoms with E-state index in [0.29, 0.717) is 22.2 Å². The molecule has 4 aromatic rings. The minimum Gasteiger partial charge on any atom is -0.322 e. The molecule has 2 heterocycles. The van der Waals surface area contributed by atoms with E-state index in [1.807, 2.05) is 0 Å². The number of amides is 1. The Bertz CT molecular complexity index is 1330. The molecule has 0 atom stereocenters. The summed E-state index contributed by atoms with van der Waals surface area (Å²) in [5, 5.41) is 3.10. The van der Waals surface area contributed by atoms with Crippen LogP contribution >= 0.6 is 0 Å². The summed E-state index contributed by atoms with van der Waals surface area (Å²) in [5.41, 5.74) is 0.544. The lowest BCUT2D eigenvalue weighted by molar-refractivity contribution is 0.102. The summed E-state index contributed by atoms with van der Waals surface area (Å²) in [6.07, 6.45) is 1.52. The smallest absolute Gasteiger partial charge is 0.265 e. The van der Waals surface area contributed by atoms with Crippen molar-refractivity contribution in [2.45, 2.75) is 13.5 Å². The van der Waals surface area contributed by atoms with Gasteiger partial charge in [0.05, 0.1) is 6.54 Å². The molecule has 0 bridgehead atoms. The van der Waals surface area contributed by atoms with Crippen LogP contribution in [0.25, 0.3) is 11.0 Å². The number of hydrogen-bond donors (Lipinski definition) is 1. The molecule has 0 fully saturated rings. The summed E-state index contributed by atoms with van der Waals surface area (Å²) in [5.74, 6) is -1.61. The Balaban J connectivity index is 1.79. The van der Waals surface area contributed by atoms with Gasteiger partial charge in [0.15, 0.2) is 0 Å². The van der Waals surface area contributed by atoms with Crippen LogP contribution in [-0.2, 0) is 6.54 Å². The van der Waals surface area contributed by atoms with E-state index in [2.05, 4.69) is 10.3 Å². The predicted molar refractivity (Wildman–Crippen MR) is 111 cm³/mol. The highest BCUT2D eigenvalue weighted by atomic mass is 19.1. The second kappa shape index (κ2) is 7.87. The van der Waals surface area contributed by atoms with Gasteiger partial charge in [-0.15, -0.1) is 0 Å². The van der Waals surface area contributed by atoms with E-state index in [0.717, 1.165) is 0 Å². The normalized spacial score (nSPS) is 10.9. The number of aryl methyl sites for hydroxylation is 1. The zero-order valence-electron chi connectivity index (χ0n) is 16.0. The number of nitrogens with zero attached hydrogens (tertiary/aromatic N) is 2. The summed E-state index contributed by atoms with van der Waals surface area (Å²) < 4.78 is 29.2. The second-order valence-corrected chi connectivity index (χ2v) is 6.88. The maximum absolute atomic E-state index is 14.2. The molecule has 0 spiro atoms. The van der Waals surface area contributed by atoms with Crippen LogP contribution in [0.4, 0.5) is 14.5 Å². The first-order valence-corrected chi connectivity index (χ1v) is 9.23. The van der Waals surface area contributed by atoms with Crippen LogP contribution < -0.4 is 10.9 Å². The van der Waals surface area contributed by atoms with E-state index in [9.17, 15) is 18.4 Å². The maximum atomic E-state index is 14.2. The monoisotopic (exact) mass is 405 g/mol. The number of rotatable bonds is 4. The molecule has 0 aliphatic carbocycles. The number of carbonyl (C=O) groups is 1. The van der Waals surface area contributed by atoms with Gasteiger partial charge in [-0.1, -0.05) is 24.3 Å². The Kier molecular flexibility index (Phi) is 5.10. The van der Waals surface area contributed by atoms with Crippen molar-refractivity contribution in [3.05, 3.63) is 106 Å². The number of halogens is 2. The van der Waals surface area contributed by atoms with E-state index >= 15 is 0 Å². The van der Waals surface area contributed by atoms with Crippen molar-refractivity contribution in [3.63, 3.8) is 0 Å². The second-order valence-electron chi connectivity index (χ2n) is 6.88. The zero-order valence-corrected chi connectivity index (χ0v) is 16.0. The molecular formula is C23H17F2N3O2. The molecule has 30 heavy (non-hydrogen) atoms. The minimum atomic E-state index is -0.684. The molecule has 1 N–H and O–H groups in total. The standard InChI is InChI=1S/C23H17F2N3O2/c1-14-8-9-17(12-20(14)25)27-22(29)18-11-15-6-4-10-26-21(15)28(23(18)30)13-16-5-2-3-7-19(16)24/h2-12H,13H2,1H3,(H,27,29). The summed E-state index contributed by atoms with van der Waals surface area (Å²) in [7, 11) is 0. The molecule has 0 aliphatic heterocycles. The van der Waals surface area contributed by atoms with E-state index < -0.39 is 23.1 Å². The number of nitrogens with one attached hydrogen (secondary N) is 1. The first-order valence-electron chi connectivity index (χ1n) is 9.23. The van der Waals surface area contributed by atoms with Gasteiger partial charge in [-0.05, 0) is 48.9 Å². The summed E-state index contributed by atoms with van der Waals surface area (Å²) >= 11 is 0. The van der Waals surface area contributed by atoms with E-state index in [1.165, 1.54) is 35.0 Å². The van der Waals surface area contributed by atoms with Gasteiger partial charge >= 0.3 is 0 Å². The molecule has 5 nitrogen and oxygen atoms in total. The fourth-order valence-corrected chi connectivity index (χ4v) is 3.18. The number of aromatic nitrogens is 2. The lowest BCUT2D eigenvalue weighted by atomic mass is 10.1. The van der Waals surface area contributed by atoms with Crippen molar-refractivity contribution in [1.82, 2.24) is 9.55 Å². The topological polar surface area (TPSA) is 64.0 Å². The van der Waals surface area contributed by atoms with Crippen LogP contribution in [0.15, 0.2) is 71.7 Å². The van der Waals surface area contributed by atoms with Crippen LogP contribution in [0, 0.1) is 18.6 Å². The van der Waals surface area contributed by atoms with E-state index in [1.54, 1.807) is 43.3 Å². The average molecular weight is 405 g/mol. The molecule has 0 unspecified atom stereocenters. The lowest BCUT2D eigenvalue weighted by Crippen LogP contribution is -2.30. The molecule has 2 aromatic heterocycles. The van der Waals surface area contributed by atoms with Gasteiger partial charge in [0.1, 0.15) is 22.8 Å². The van der Waals surface area contributed by atoms with Crippen molar-refractivity contribution < 1.29 is 13.6 Å². The molecular weight excluding hydrogens is 388 g/mol. The van der Waals surface area contributed by atoms with Gasteiger partial charge in [-0.3, -0.25) is 14.2 Å². The lowest BCUT2D eigenvalue weighted by Gasteiger charge is -2.13. The Morgan fingerprint density at radius 3 is 2.60 bits per heavy atom. The number of hydrogen-bond acceptors (Lipinski definition) is 3. The van der Waals surface area contributed by atoms with E-state index in [4.69, 9.17) is 0 Å². The highest BCUT2D eigenvalue weighted by molar-refractivity contribution is 6.05. The molecule has 1 amide bonds. The fraction of sp³-hybridized carbons (Fsp3) is 0.0870. The van der Waals surface area contributed by atoms with Crippen LogP contribution in [0.1, 0.15) is 21.5 Å². The van der Waals surface area contributed by atoms with Crippen molar-refractivity contribution in [3.8, 4) is 0 Å². The van der Waals surface area contributed by atoms with Crippen LogP contribution in [0.2, 0.25) is 0 Å². The van der Waals surface area contributed by atoms with Gasteiger partial charge in [0.2, 0.25) is 0 Å². The Morgan fingerprint density at radius 1 is 1.03 bits per heavy atom. The molecule has 4 rings (SSSR count). The number of benzene rings is 2. The van der Waals surface area contributed by atoms with Gasteiger partial charge < -0.3 is 5.32 Å². The molecule has 0 saturated carbocycles. The summed E-state index contributed by atoms with van der Waals surface area (Å²) in [4.78, 5) is 30.2. The van der Waals surface area contributed by atoms with Gasteiger partial charge in [0, 0.05) is 22.8 Å². The molecule has 2 aromatic carbocycles. The van der Waals surface area contributed by atoms with E-state index in [-0.39, 0.29) is 17.8 Å². The average Bonchev–Trinajstić information content (AvgIpc) is 2.74. The number of pyridine rings is 2. The first kappa shape index (κ1) is 19.4. The van der Waals surface area contributed by atoms with Crippen molar-refractivity contribution >= 4 is 22.6 Å². The van der Waals surface area contributed by atoms with Crippen LogP contribution in [0.3, 0.4) is 0 Å². The molecule has 0 saturated heterocycles. The SMILES string of the molecule is Cc1ccc(NC(=O)c2cc3cccnc3n(Cc3ccccc3F)c2=O)cc1F. The third-order valence-corrected chi connectivity index (χ3v) is 4.81. The molecule has 7 heteroatoms. The largest absolute Gasteiger partial charge is 0.322 e. The Hall–Kier alpha value is -3.87. The van der Waals surface area contributed by atoms with Crippen molar-refractivity contribution in [2.75, 3.05) is 5.32 Å². The highest BCUT2D eigenvalue weighted by Gasteiger charge is 2.18. The predicted octanol–water partition coefficient (Wildman–Crippen LogP) is 4.28. The third kappa shape index (κ3) is 3.69. The number of carbonyl (C=O) groups excluding carboxylic acids is 1. The molecule has 0 aliphatic rings. The first-order chi connectivity index (χ1) is 14.4. The fourth-order valence-electron chi connectivity index (χ4n) is 3.18. The Morgan fingerprint density at radius 2 is 1.83 bits per heavy atom.